The maximum Gasteiger partial charge on any atom is 0.222 e. The van der Waals surface area contributed by atoms with Crippen molar-refractivity contribution in [2.75, 3.05) is 13.2 Å². The van der Waals surface area contributed by atoms with E-state index in [1.54, 1.807) is 0 Å². The van der Waals surface area contributed by atoms with Gasteiger partial charge in [-0.05, 0) is 31.2 Å². The molecule has 0 aliphatic rings. The second kappa shape index (κ2) is 9.26. The molecule has 0 aliphatic heterocycles. The van der Waals surface area contributed by atoms with Crippen LogP contribution in [0.4, 0.5) is 0 Å². The van der Waals surface area contributed by atoms with Crippen molar-refractivity contribution in [3.63, 3.8) is 0 Å². The van der Waals surface area contributed by atoms with Crippen LogP contribution < -0.4 is 14.8 Å². The van der Waals surface area contributed by atoms with Gasteiger partial charge in [-0.3, -0.25) is 4.79 Å². The molecule has 6 nitrogen and oxygen atoms in total. The summed E-state index contributed by atoms with van der Waals surface area (Å²) in [4.78, 5) is 16.6. The van der Waals surface area contributed by atoms with E-state index in [9.17, 15) is 4.79 Å². The second-order valence-electron chi connectivity index (χ2n) is 6.77. The zero-order valence-electron chi connectivity index (χ0n) is 16.6. The van der Waals surface area contributed by atoms with Crippen molar-refractivity contribution in [1.29, 1.82) is 0 Å². The first kappa shape index (κ1) is 19.7. The third kappa shape index (κ3) is 4.63. The zero-order chi connectivity index (χ0) is 19.9. The summed E-state index contributed by atoms with van der Waals surface area (Å²) in [5, 5.41) is 2.95. The number of benzene rings is 2. The Kier molecular flexibility index (Phi) is 6.53. The van der Waals surface area contributed by atoms with E-state index in [2.05, 4.69) is 14.9 Å². The average Bonchev–Trinajstić information content (AvgIpc) is 3.05. The average molecular weight is 381 g/mol. The summed E-state index contributed by atoms with van der Waals surface area (Å²) in [5.74, 6) is 2.24. The van der Waals surface area contributed by atoms with Crippen LogP contribution in [0.1, 0.15) is 26.6 Å². The number of amides is 1. The van der Waals surface area contributed by atoms with Gasteiger partial charge in [0.25, 0.3) is 0 Å². The van der Waals surface area contributed by atoms with E-state index in [1.807, 2.05) is 69.3 Å². The summed E-state index contributed by atoms with van der Waals surface area (Å²) in [6.45, 7) is 7.77. The minimum atomic E-state index is -0.0590. The van der Waals surface area contributed by atoms with Crippen LogP contribution >= 0.6 is 0 Å². The van der Waals surface area contributed by atoms with Crippen LogP contribution in [0.15, 0.2) is 48.5 Å². The monoisotopic (exact) mass is 381 g/mol. The molecule has 148 valence electrons. The van der Waals surface area contributed by atoms with Crippen LogP contribution in [0, 0.1) is 5.92 Å². The Morgan fingerprint density at radius 3 is 2.46 bits per heavy atom. The van der Waals surface area contributed by atoms with Crippen molar-refractivity contribution in [2.24, 2.45) is 5.92 Å². The Morgan fingerprint density at radius 2 is 1.75 bits per heavy atom. The molecule has 1 amide bonds. The van der Waals surface area contributed by atoms with E-state index in [1.165, 1.54) is 0 Å². The van der Waals surface area contributed by atoms with Crippen LogP contribution in [-0.2, 0) is 17.9 Å². The van der Waals surface area contributed by atoms with Crippen molar-refractivity contribution in [2.45, 2.75) is 33.9 Å². The topological polar surface area (TPSA) is 65.4 Å². The molecule has 1 heterocycles. The van der Waals surface area contributed by atoms with Crippen molar-refractivity contribution in [3.8, 4) is 11.5 Å². The number of ether oxygens (including phenoxy) is 2. The third-order valence-corrected chi connectivity index (χ3v) is 4.40. The summed E-state index contributed by atoms with van der Waals surface area (Å²) in [6, 6.07) is 15.6. The first-order chi connectivity index (χ1) is 13.6. The van der Waals surface area contributed by atoms with Crippen molar-refractivity contribution in [1.82, 2.24) is 14.9 Å². The zero-order valence-corrected chi connectivity index (χ0v) is 16.6. The number of fused-ring (bicyclic) bond motifs is 1. The van der Waals surface area contributed by atoms with Crippen molar-refractivity contribution in [3.05, 3.63) is 54.4 Å². The predicted molar refractivity (Wildman–Crippen MR) is 110 cm³/mol. The molecule has 0 saturated heterocycles. The van der Waals surface area contributed by atoms with E-state index in [-0.39, 0.29) is 11.8 Å². The van der Waals surface area contributed by atoms with Gasteiger partial charge in [0.15, 0.2) is 11.5 Å². The standard InChI is InChI=1S/C22H27N3O3/c1-4-27-19-11-7-8-12-20(19)28-14-13-25-18-10-6-5-9-17(18)24-21(25)15-23-22(26)16(2)3/h5-12,16H,4,13-15H2,1-3H3,(H,23,26). The highest BCUT2D eigenvalue weighted by Gasteiger charge is 2.13. The number of rotatable bonds is 9. The van der Waals surface area contributed by atoms with Crippen molar-refractivity contribution < 1.29 is 14.3 Å². The van der Waals surface area contributed by atoms with Gasteiger partial charge in [0.1, 0.15) is 12.4 Å². The predicted octanol–water partition coefficient (Wildman–Crippen LogP) is 3.79. The van der Waals surface area contributed by atoms with Gasteiger partial charge in [-0.25, -0.2) is 4.98 Å². The van der Waals surface area contributed by atoms with E-state index in [4.69, 9.17) is 9.47 Å². The number of carbonyl (C=O) groups is 1. The van der Waals surface area contributed by atoms with Crippen LogP contribution in [0.3, 0.4) is 0 Å². The molecule has 1 aromatic heterocycles. The molecule has 0 bridgehead atoms. The summed E-state index contributed by atoms with van der Waals surface area (Å²) in [6.07, 6.45) is 0. The first-order valence-electron chi connectivity index (χ1n) is 9.66. The number of nitrogens with one attached hydrogen (secondary N) is 1. The minimum absolute atomic E-state index is 0.0143. The van der Waals surface area contributed by atoms with Gasteiger partial charge in [0.05, 0.1) is 30.7 Å². The fourth-order valence-corrected chi connectivity index (χ4v) is 2.97. The number of para-hydroxylation sites is 4. The van der Waals surface area contributed by atoms with Crippen LogP contribution in [-0.4, -0.2) is 28.7 Å². The van der Waals surface area contributed by atoms with Crippen LogP contribution in [0.2, 0.25) is 0 Å². The molecule has 0 atom stereocenters. The summed E-state index contributed by atoms with van der Waals surface area (Å²) in [5.41, 5.74) is 1.93. The van der Waals surface area contributed by atoms with Gasteiger partial charge < -0.3 is 19.4 Å². The van der Waals surface area contributed by atoms with Crippen LogP contribution in [0.5, 0.6) is 11.5 Å². The minimum Gasteiger partial charge on any atom is -0.490 e. The molecular formula is C22H27N3O3. The molecule has 1 N–H and O–H groups in total. The fourth-order valence-electron chi connectivity index (χ4n) is 2.97. The fraction of sp³-hybridized carbons (Fsp3) is 0.364. The SMILES string of the molecule is CCOc1ccccc1OCCn1c(CNC(=O)C(C)C)nc2ccccc21. The van der Waals surface area contributed by atoms with Gasteiger partial charge in [-0.1, -0.05) is 38.1 Å². The van der Waals surface area contributed by atoms with E-state index in [0.29, 0.717) is 26.3 Å². The smallest absolute Gasteiger partial charge is 0.222 e. The maximum atomic E-state index is 12.0. The Labute approximate surface area is 165 Å². The molecule has 0 radical (unpaired) electrons. The third-order valence-electron chi connectivity index (χ3n) is 4.40. The number of nitrogens with zero attached hydrogens (tertiary/aromatic N) is 2. The highest BCUT2D eigenvalue weighted by atomic mass is 16.5. The molecule has 0 aliphatic carbocycles. The van der Waals surface area contributed by atoms with E-state index >= 15 is 0 Å². The largest absolute Gasteiger partial charge is 0.490 e. The van der Waals surface area contributed by atoms with Gasteiger partial charge in [-0.2, -0.15) is 0 Å². The molecule has 28 heavy (non-hydrogen) atoms. The molecule has 6 heteroatoms. The van der Waals surface area contributed by atoms with Gasteiger partial charge in [0.2, 0.25) is 5.91 Å². The molecule has 0 saturated carbocycles. The van der Waals surface area contributed by atoms with Gasteiger partial charge in [0, 0.05) is 5.92 Å². The lowest BCUT2D eigenvalue weighted by Gasteiger charge is -2.14. The Balaban J connectivity index is 1.74. The molecule has 3 rings (SSSR count). The Bertz CT molecular complexity index is 934. The van der Waals surface area contributed by atoms with Crippen molar-refractivity contribution >= 4 is 16.9 Å². The Hall–Kier alpha value is -3.02. The number of hydrogen-bond acceptors (Lipinski definition) is 4. The lowest BCUT2D eigenvalue weighted by atomic mass is 10.2. The molecule has 2 aromatic carbocycles. The molecule has 0 spiro atoms. The summed E-state index contributed by atoms with van der Waals surface area (Å²) in [7, 11) is 0. The first-order valence-corrected chi connectivity index (χ1v) is 9.66. The lowest BCUT2D eigenvalue weighted by molar-refractivity contribution is -0.124. The number of carbonyl (C=O) groups excluding carboxylic acids is 1. The molecule has 3 aromatic rings. The Morgan fingerprint density at radius 1 is 1.07 bits per heavy atom. The van der Waals surface area contributed by atoms with Gasteiger partial charge in [-0.15, -0.1) is 0 Å². The molecule has 0 unspecified atom stereocenters. The maximum absolute atomic E-state index is 12.0. The molecule has 0 fully saturated rings. The summed E-state index contributed by atoms with van der Waals surface area (Å²) < 4.78 is 13.7. The van der Waals surface area contributed by atoms with E-state index < -0.39 is 0 Å². The lowest BCUT2D eigenvalue weighted by Crippen LogP contribution is -2.28. The normalized spacial score (nSPS) is 11.0. The van der Waals surface area contributed by atoms with Crippen LogP contribution in [0.25, 0.3) is 11.0 Å². The van der Waals surface area contributed by atoms with E-state index in [0.717, 1.165) is 28.4 Å². The highest BCUT2D eigenvalue weighted by Crippen LogP contribution is 2.26. The number of imidazole rings is 1. The summed E-state index contributed by atoms with van der Waals surface area (Å²) >= 11 is 0. The number of hydrogen-bond donors (Lipinski definition) is 1. The highest BCUT2D eigenvalue weighted by molar-refractivity contribution is 5.78. The molecular weight excluding hydrogens is 354 g/mol. The second-order valence-corrected chi connectivity index (χ2v) is 6.77. The quantitative estimate of drug-likeness (QED) is 0.612. The number of aromatic nitrogens is 2. The van der Waals surface area contributed by atoms with Gasteiger partial charge >= 0.3 is 0 Å².